The van der Waals surface area contributed by atoms with Gasteiger partial charge in [0.1, 0.15) is 11.6 Å². The Kier molecular flexibility index (Phi) is 7.68. The third-order valence-electron chi connectivity index (χ3n) is 7.25. The first-order valence-corrected chi connectivity index (χ1v) is 12.8. The van der Waals surface area contributed by atoms with Crippen LogP contribution in [-0.2, 0) is 17.3 Å². The Labute approximate surface area is 211 Å². The van der Waals surface area contributed by atoms with Crippen molar-refractivity contribution in [2.45, 2.75) is 78.6 Å². The molecule has 0 radical (unpaired) electrons. The molecule has 2 aromatic carbocycles. The van der Waals surface area contributed by atoms with Crippen molar-refractivity contribution in [1.29, 1.82) is 5.41 Å². The lowest BCUT2D eigenvalue weighted by atomic mass is 9.78. The van der Waals surface area contributed by atoms with Crippen LogP contribution in [0.3, 0.4) is 0 Å². The number of likely N-dealkylation sites (tertiary alicyclic amines) is 1. The van der Waals surface area contributed by atoms with Crippen molar-refractivity contribution < 1.29 is 9.90 Å². The second-order valence-corrected chi connectivity index (χ2v) is 12.2. The van der Waals surface area contributed by atoms with Crippen LogP contribution in [0, 0.1) is 17.2 Å². The molecule has 3 rings (SSSR count). The summed E-state index contributed by atoms with van der Waals surface area (Å²) in [6.45, 7) is 15.4. The average molecular weight is 478 g/mol. The molecule has 1 aliphatic rings. The Morgan fingerprint density at radius 1 is 1.09 bits per heavy atom. The van der Waals surface area contributed by atoms with Gasteiger partial charge in [-0.1, -0.05) is 73.1 Å². The van der Waals surface area contributed by atoms with Crippen molar-refractivity contribution in [2.75, 3.05) is 18.8 Å². The third-order valence-corrected chi connectivity index (χ3v) is 7.25. The van der Waals surface area contributed by atoms with E-state index in [2.05, 4.69) is 6.92 Å². The second-order valence-electron chi connectivity index (χ2n) is 12.2. The van der Waals surface area contributed by atoms with E-state index in [0.717, 1.165) is 41.6 Å². The summed E-state index contributed by atoms with van der Waals surface area (Å²) in [5.74, 6) is 1.18. The van der Waals surface area contributed by atoms with Crippen LogP contribution in [0.15, 0.2) is 36.4 Å². The zero-order chi connectivity index (χ0) is 26.1. The predicted molar refractivity (Wildman–Crippen MR) is 146 cm³/mol. The molecule has 0 aromatic heterocycles. The highest BCUT2D eigenvalue weighted by Crippen LogP contribution is 2.40. The maximum atomic E-state index is 13.6. The van der Waals surface area contributed by atoms with Crippen molar-refractivity contribution in [3.63, 3.8) is 0 Å². The van der Waals surface area contributed by atoms with Gasteiger partial charge >= 0.3 is 0 Å². The summed E-state index contributed by atoms with van der Waals surface area (Å²) in [5.41, 5.74) is 9.61. The summed E-state index contributed by atoms with van der Waals surface area (Å²) >= 11 is 0. The number of nitrogens with two attached hydrogens (primary N) is 1. The van der Waals surface area contributed by atoms with Gasteiger partial charge in [0, 0.05) is 34.8 Å². The van der Waals surface area contributed by atoms with E-state index in [1.807, 2.05) is 82.8 Å². The number of phenolic OH excluding ortho intramolecular Hbond substituents is 1. The van der Waals surface area contributed by atoms with Gasteiger partial charge in [-0.15, -0.1) is 0 Å². The molecule has 0 saturated carbocycles. The van der Waals surface area contributed by atoms with Gasteiger partial charge in [0.2, 0.25) is 0 Å². The molecule has 1 aliphatic heterocycles. The van der Waals surface area contributed by atoms with E-state index in [9.17, 15) is 9.90 Å². The lowest BCUT2D eigenvalue weighted by Gasteiger charge is -2.28. The van der Waals surface area contributed by atoms with E-state index in [0.29, 0.717) is 23.9 Å². The number of para-hydroxylation sites is 1. The number of carbonyl (C=O) groups excluding carboxylic acids is 1. The summed E-state index contributed by atoms with van der Waals surface area (Å²) in [6.07, 6.45) is 2.79. The van der Waals surface area contributed by atoms with E-state index in [1.165, 1.54) is 0 Å². The average Bonchev–Trinajstić information content (AvgIpc) is 3.03. The van der Waals surface area contributed by atoms with Gasteiger partial charge in [-0.2, -0.15) is 0 Å². The van der Waals surface area contributed by atoms with E-state index in [1.54, 1.807) is 0 Å². The molecule has 0 spiro atoms. The Morgan fingerprint density at radius 3 is 2.17 bits per heavy atom. The third kappa shape index (κ3) is 5.88. The fourth-order valence-electron chi connectivity index (χ4n) is 5.20. The molecule has 5 heteroatoms. The van der Waals surface area contributed by atoms with Crippen LogP contribution in [-0.4, -0.2) is 34.7 Å². The highest BCUT2D eigenvalue weighted by molar-refractivity contribution is 6.01. The predicted octanol–water partition coefficient (Wildman–Crippen LogP) is 6.32. The van der Waals surface area contributed by atoms with Crippen LogP contribution in [0.25, 0.3) is 0 Å². The molecule has 0 bridgehead atoms. The van der Waals surface area contributed by atoms with Gasteiger partial charge < -0.3 is 15.7 Å². The normalized spacial score (nSPS) is 18.8. The molecule has 1 fully saturated rings. The quantitative estimate of drug-likeness (QED) is 0.321. The van der Waals surface area contributed by atoms with Crippen LogP contribution in [0.2, 0.25) is 0 Å². The lowest BCUT2D eigenvalue weighted by molar-refractivity contribution is 0.0963. The summed E-state index contributed by atoms with van der Waals surface area (Å²) in [7, 11) is 0. The Hall–Kier alpha value is -2.82. The minimum Gasteiger partial charge on any atom is -0.507 e. The number of nitrogens with zero attached hydrogens (tertiary/aromatic N) is 1. The molecule has 1 heterocycles. The zero-order valence-corrected chi connectivity index (χ0v) is 22.5. The van der Waals surface area contributed by atoms with Gasteiger partial charge in [0.05, 0.1) is 6.54 Å². The molecule has 0 amide bonds. The molecule has 2 aromatic rings. The number of anilines is 1. The second kappa shape index (κ2) is 10.0. The Balaban J connectivity index is 1.89. The van der Waals surface area contributed by atoms with Crippen molar-refractivity contribution in [3.05, 3.63) is 58.7 Å². The summed E-state index contributed by atoms with van der Waals surface area (Å²) < 4.78 is 0. The minimum absolute atomic E-state index is 0.0131. The van der Waals surface area contributed by atoms with Gasteiger partial charge in [0.25, 0.3) is 0 Å². The number of hydrogen-bond donors (Lipinski definition) is 3. The minimum atomic E-state index is -0.298. The maximum absolute atomic E-state index is 13.6. The number of phenols is 1. The zero-order valence-electron chi connectivity index (χ0n) is 22.5. The van der Waals surface area contributed by atoms with Gasteiger partial charge in [-0.05, 0) is 53.4 Å². The highest BCUT2D eigenvalue weighted by Gasteiger charge is 2.38. The number of amidine groups is 1. The van der Waals surface area contributed by atoms with Gasteiger partial charge in [-0.25, -0.2) is 0 Å². The Morgan fingerprint density at radius 2 is 1.66 bits per heavy atom. The lowest BCUT2D eigenvalue weighted by Crippen LogP contribution is -2.33. The van der Waals surface area contributed by atoms with Crippen LogP contribution in [0.4, 0.5) is 5.69 Å². The van der Waals surface area contributed by atoms with Crippen LogP contribution < -0.4 is 5.73 Å². The van der Waals surface area contributed by atoms with E-state index >= 15 is 0 Å². The molecule has 0 aliphatic carbocycles. The molecule has 35 heavy (non-hydrogen) atoms. The molecule has 190 valence electrons. The molecule has 4 N–H and O–H groups in total. The van der Waals surface area contributed by atoms with Crippen LogP contribution in [0.1, 0.15) is 88.4 Å². The molecule has 1 saturated heterocycles. The number of carbonyl (C=O) groups is 1. The smallest absolute Gasteiger partial charge is 0.182 e. The van der Waals surface area contributed by atoms with Gasteiger partial charge in [-0.3, -0.25) is 10.2 Å². The molecule has 2 atom stereocenters. The number of hydrogen-bond acceptors (Lipinski definition) is 4. The number of ketones is 1. The topological polar surface area (TPSA) is 90.4 Å². The van der Waals surface area contributed by atoms with Crippen LogP contribution in [0.5, 0.6) is 5.75 Å². The number of Topliss-reactive ketones (excluding diaryl/α,β-unsaturated/α-hetero) is 1. The maximum Gasteiger partial charge on any atom is 0.182 e. The number of nitrogens with one attached hydrogen (secondary N) is 1. The largest absolute Gasteiger partial charge is 0.507 e. The van der Waals surface area contributed by atoms with Crippen molar-refractivity contribution >= 4 is 17.3 Å². The number of benzene rings is 2. The fourth-order valence-corrected chi connectivity index (χ4v) is 5.20. The standard InChI is InChI=1S/C30H43N3O2/c1-8-11-20-17-33(28(32)22(20)14-19-12-9-10-13-25(19)31)18-26(34)21-15-23(29(2,3)4)27(35)24(16-21)30(5,6)7/h9-10,12-13,15-16,20,22,32,35H,8,11,14,17-18,31H2,1-7H3. The monoisotopic (exact) mass is 477 g/mol. The summed E-state index contributed by atoms with van der Waals surface area (Å²) in [5, 5.41) is 20.0. The highest BCUT2D eigenvalue weighted by atomic mass is 16.3. The van der Waals surface area contributed by atoms with E-state index < -0.39 is 0 Å². The van der Waals surface area contributed by atoms with E-state index in [4.69, 9.17) is 11.1 Å². The number of rotatable bonds is 7. The SMILES string of the molecule is CCCC1CN(CC(=O)c2cc(C(C)(C)C)c(O)c(C(C)(C)C)c2)C(=N)C1Cc1ccccc1N. The van der Waals surface area contributed by atoms with Gasteiger partial charge in [0.15, 0.2) is 5.78 Å². The molecule has 2 unspecified atom stereocenters. The van der Waals surface area contributed by atoms with Crippen molar-refractivity contribution in [3.8, 4) is 5.75 Å². The van der Waals surface area contributed by atoms with Crippen LogP contribution >= 0.6 is 0 Å². The van der Waals surface area contributed by atoms with E-state index in [-0.39, 0.29) is 34.8 Å². The Bertz CT molecular complexity index is 1060. The van der Waals surface area contributed by atoms with Crippen molar-refractivity contribution in [2.24, 2.45) is 11.8 Å². The molecule has 5 nitrogen and oxygen atoms in total. The molecular formula is C30H43N3O2. The first-order chi connectivity index (χ1) is 16.2. The fraction of sp³-hybridized carbons (Fsp3) is 0.533. The summed E-state index contributed by atoms with van der Waals surface area (Å²) in [6, 6.07) is 11.6. The van der Waals surface area contributed by atoms with Crippen molar-refractivity contribution in [1.82, 2.24) is 4.90 Å². The number of nitrogen functional groups attached to an aromatic ring is 1. The molecular weight excluding hydrogens is 434 g/mol. The summed E-state index contributed by atoms with van der Waals surface area (Å²) in [4.78, 5) is 15.5. The first-order valence-electron chi connectivity index (χ1n) is 12.8. The number of aromatic hydroxyl groups is 1. The first kappa shape index (κ1) is 26.8.